The van der Waals surface area contributed by atoms with E-state index in [4.69, 9.17) is 19.6 Å². The lowest BCUT2D eigenvalue weighted by molar-refractivity contribution is -0.145. The molecule has 1 heterocycles. The van der Waals surface area contributed by atoms with Crippen molar-refractivity contribution in [3.8, 4) is 11.5 Å². The predicted molar refractivity (Wildman–Crippen MR) is 174 cm³/mol. The van der Waals surface area contributed by atoms with E-state index in [1.165, 1.54) is 0 Å². The number of fused-ring (bicyclic) bond motifs is 1. The smallest absolute Gasteiger partial charge is 0.344 e. The van der Waals surface area contributed by atoms with Crippen molar-refractivity contribution in [3.05, 3.63) is 52.1 Å². The van der Waals surface area contributed by atoms with Gasteiger partial charge in [-0.25, -0.2) is 4.79 Å². The molecule has 10 nitrogen and oxygen atoms in total. The van der Waals surface area contributed by atoms with Crippen molar-refractivity contribution >= 4 is 46.2 Å². The second-order valence-corrected chi connectivity index (χ2v) is 11.0. The quantitative estimate of drug-likeness (QED) is 0.224. The average molecular weight is 662 g/mol. The van der Waals surface area contributed by atoms with Crippen LogP contribution in [0.25, 0.3) is 0 Å². The summed E-state index contributed by atoms with van der Waals surface area (Å²) in [6.45, 7) is 15.9. The lowest BCUT2D eigenvalue weighted by Gasteiger charge is -2.30. The van der Waals surface area contributed by atoms with Crippen LogP contribution in [0.15, 0.2) is 24.3 Å². The summed E-state index contributed by atoms with van der Waals surface area (Å²) in [6, 6.07) is 7.10. The van der Waals surface area contributed by atoms with E-state index in [0.29, 0.717) is 54.4 Å². The third-order valence-corrected chi connectivity index (χ3v) is 7.19. The molecule has 0 spiro atoms. The highest BCUT2D eigenvalue weighted by molar-refractivity contribution is 8.93. The number of ketones is 1. The summed E-state index contributed by atoms with van der Waals surface area (Å²) < 4.78 is 16.9. The zero-order valence-corrected chi connectivity index (χ0v) is 28.2. The maximum atomic E-state index is 13.8. The molecule has 0 radical (unpaired) electrons. The van der Waals surface area contributed by atoms with Crippen LogP contribution in [0.4, 0.5) is 5.69 Å². The lowest BCUT2D eigenvalue weighted by atomic mass is 9.84. The molecule has 1 amide bonds. The van der Waals surface area contributed by atoms with Gasteiger partial charge in [0.05, 0.1) is 31.0 Å². The lowest BCUT2D eigenvalue weighted by Crippen LogP contribution is -2.31. The minimum absolute atomic E-state index is 0. The molecule has 2 N–H and O–H groups in total. The van der Waals surface area contributed by atoms with Gasteiger partial charge in [0, 0.05) is 43.4 Å². The third-order valence-electron chi connectivity index (χ3n) is 7.19. The summed E-state index contributed by atoms with van der Waals surface area (Å²) in [5.74, 6) is 0.284. The Morgan fingerprint density at radius 1 is 1.00 bits per heavy atom. The number of ether oxygens (including phenoxy) is 3. The Morgan fingerprint density at radius 2 is 1.67 bits per heavy atom. The van der Waals surface area contributed by atoms with Gasteiger partial charge in [0.25, 0.3) is 5.91 Å². The van der Waals surface area contributed by atoms with Gasteiger partial charge >= 0.3 is 5.97 Å². The molecule has 11 heteroatoms. The van der Waals surface area contributed by atoms with Crippen LogP contribution in [0, 0.1) is 5.41 Å². The van der Waals surface area contributed by atoms with Crippen molar-refractivity contribution in [1.82, 2.24) is 10.2 Å². The van der Waals surface area contributed by atoms with Gasteiger partial charge in [0.15, 0.2) is 12.4 Å². The number of nitrogens with one attached hydrogen (secondary N) is 2. The highest BCUT2D eigenvalue weighted by atomic mass is 79.9. The van der Waals surface area contributed by atoms with Crippen molar-refractivity contribution in [1.29, 1.82) is 5.41 Å². The topological polar surface area (TPSA) is 121 Å². The van der Waals surface area contributed by atoms with Crippen LogP contribution in [-0.2, 0) is 21.5 Å². The number of rotatable bonds is 13. The minimum atomic E-state index is -0.456. The molecule has 0 fully saturated rings. The zero-order valence-electron chi connectivity index (χ0n) is 26.5. The number of amidine groups is 1. The fourth-order valence-corrected chi connectivity index (χ4v) is 5.03. The molecule has 0 bridgehead atoms. The van der Waals surface area contributed by atoms with Crippen LogP contribution in [-0.4, -0.2) is 74.9 Å². The number of amides is 1. The van der Waals surface area contributed by atoms with Gasteiger partial charge < -0.3 is 29.3 Å². The Hall–Kier alpha value is -3.60. The second kappa shape index (κ2) is 15.2. The van der Waals surface area contributed by atoms with Crippen LogP contribution < -0.4 is 19.7 Å². The highest BCUT2D eigenvalue weighted by Gasteiger charge is 2.31. The summed E-state index contributed by atoms with van der Waals surface area (Å²) in [6.07, 6.45) is 0. The second-order valence-electron chi connectivity index (χ2n) is 11.0. The first-order valence-corrected chi connectivity index (χ1v) is 14.5. The molecule has 236 valence electrons. The van der Waals surface area contributed by atoms with Crippen LogP contribution in [0.2, 0.25) is 0 Å². The zero-order chi connectivity index (χ0) is 31.2. The van der Waals surface area contributed by atoms with E-state index in [9.17, 15) is 14.4 Å². The molecule has 0 saturated carbocycles. The molecule has 43 heavy (non-hydrogen) atoms. The number of esters is 1. The van der Waals surface area contributed by atoms with Crippen LogP contribution in [0.3, 0.4) is 0 Å². The fourth-order valence-electron chi connectivity index (χ4n) is 5.03. The molecule has 0 atom stereocenters. The molecule has 2 aromatic rings. The number of anilines is 1. The van der Waals surface area contributed by atoms with Crippen molar-refractivity contribution in [2.75, 3.05) is 51.4 Å². The van der Waals surface area contributed by atoms with E-state index >= 15 is 0 Å². The largest absolute Gasteiger partial charge is 0.493 e. The number of nitrogens with zero attached hydrogens (tertiary/aromatic N) is 2. The molecule has 0 saturated heterocycles. The molecule has 0 unspecified atom stereocenters. The first-order valence-electron chi connectivity index (χ1n) is 14.5. The molecule has 0 aliphatic carbocycles. The van der Waals surface area contributed by atoms with Gasteiger partial charge in [-0.05, 0) is 62.9 Å². The predicted octanol–water partition coefficient (Wildman–Crippen LogP) is 5.13. The molecule has 1 aliphatic rings. The summed E-state index contributed by atoms with van der Waals surface area (Å²) in [7, 11) is 1.55. The monoisotopic (exact) mass is 660 g/mol. The Morgan fingerprint density at radius 3 is 2.23 bits per heavy atom. The Labute approximate surface area is 265 Å². The summed E-state index contributed by atoms with van der Waals surface area (Å²) >= 11 is 0. The van der Waals surface area contributed by atoms with E-state index in [2.05, 4.69) is 10.2 Å². The van der Waals surface area contributed by atoms with Crippen molar-refractivity contribution in [3.63, 3.8) is 0 Å². The van der Waals surface area contributed by atoms with Crippen molar-refractivity contribution in [2.24, 2.45) is 0 Å². The number of hydrogen-bond donors (Lipinski definition) is 2. The maximum absolute atomic E-state index is 13.8. The first kappa shape index (κ1) is 35.6. The van der Waals surface area contributed by atoms with Gasteiger partial charge in [-0.1, -0.05) is 20.8 Å². The highest BCUT2D eigenvalue weighted by Crippen LogP contribution is 2.41. The molecular weight excluding hydrogens is 616 g/mol. The molecular formula is C32H45BrN4O6. The number of benzene rings is 2. The maximum Gasteiger partial charge on any atom is 0.344 e. The Bertz CT molecular complexity index is 1350. The molecule has 1 aliphatic heterocycles. The van der Waals surface area contributed by atoms with Gasteiger partial charge in [0.1, 0.15) is 17.3 Å². The number of carbonyl (C=O) groups excluding carboxylic acids is 3. The van der Waals surface area contributed by atoms with E-state index in [0.717, 1.165) is 16.8 Å². The SMILES string of the molecule is Br.CCOC(=O)COc1c(N(CC)CC)cc(C(=O)CN2Cc3cc(OCC)c(C(=O)NC)cc3C2=N)cc1C(C)(C)C. The number of carbonyl (C=O) groups is 3. The van der Waals surface area contributed by atoms with Crippen LogP contribution in [0.5, 0.6) is 11.5 Å². The summed E-state index contributed by atoms with van der Waals surface area (Å²) in [5.41, 5.74) is 3.42. The number of halogens is 1. The Balaban J connectivity index is 0.00000645. The van der Waals surface area contributed by atoms with E-state index in [1.54, 1.807) is 31.0 Å². The van der Waals surface area contributed by atoms with Crippen LogP contribution >= 0.6 is 17.0 Å². The average Bonchev–Trinajstić information content (AvgIpc) is 3.25. The number of hydrogen-bond acceptors (Lipinski definition) is 8. The number of Topliss-reactive ketones (excluding diaryl/α,β-unsaturated/α-hetero) is 1. The molecule has 0 aromatic heterocycles. The summed E-state index contributed by atoms with van der Waals surface area (Å²) in [4.78, 5) is 42.3. The molecule has 3 rings (SSSR count). The first-order chi connectivity index (χ1) is 19.9. The standard InChI is InChI=1S/C32H44N4O6.BrH/c1-9-35(10-2)25-14-20(13-24(32(5,6)7)29(25)42-19-28(38)41-12-4)26(37)18-36-17-21-15-27(40-11-3)23(31(39)34-8)16-22(21)30(36)33;/h13-16,33H,9-12,17-19H2,1-8H3,(H,34,39);1H. The van der Waals surface area contributed by atoms with E-state index < -0.39 is 11.4 Å². The summed E-state index contributed by atoms with van der Waals surface area (Å²) in [5, 5.41) is 11.4. The molecule has 2 aromatic carbocycles. The van der Waals surface area contributed by atoms with Crippen molar-refractivity contribution in [2.45, 2.75) is 60.4 Å². The third kappa shape index (κ3) is 8.07. The Kier molecular flexibility index (Phi) is 12.6. The van der Waals surface area contributed by atoms with E-state index in [1.807, 2.05) is 53.7 Å². The van der Waals surface area contributed by atoms with Gasteiger partial charge in [-0.3, -0.25) is 15.0 Å². The van der Waals surface area contributed by atoms with E-state index in [-0.39, 0.29) is 54.3 Å². The van der Waals surface area contributed by atoms with Crippen molar-refractivity contribution < 1.29 is 28.6 Å². The van der Waals surface area contributed by atoms with Crippen LogP contribution in [0.1, 0.15) is 85.9 Å². The van der Waals surface area contributed by atoms with Gasteiger partial charge in [0.2, 0.25) is 0 Å². The fraction of sp³-hybridized carbons (Fsp3) is 0.500. The normalized spacial score (nSPS) is 12.3. The van der Waals surface area contributed by atoms with Gasteiger partial charge in [-0.15, -0.1) is 17.0 Å². The minimum Gasteiger partial charge on any atom is -0.493 e. The van der Waals surface area contributed by atoms with Gasteiger partial charge in [-0.2, -0.15) is 0 Å².